The Morgan fingerprint density at radius 3 is 2.33 bits per heavy atom. The van der Waals surface area contributed by atoms with Crippen LogP contribution in [0.15, 0.2) is 18.2 Å². The fourth-order valence-corrected chi connectivity index (χ4v) is 2.23. The van der Waals surface area contributed by atoms with Crippen LogP contribution in [0.4, 0.5) is 5.69 Å². The van der Waals surface area contributed by atoms with Crippen molar-refractivity contribution in [2.45, 2.75) is 26.8 Å². The van der Waals surface area contributed by atoms with Crippen molar-refractivity contribution in [1.29, 1.82) is 0 Å². The summed E-state index contributed by atoms with van der Waals surface area (Å²) >= 11 is 6.04. The Kier molecular flexibility index (Phi) is 5.64. The summed E-state index contributed by atoms with van der Waals surface area (Å²) in [7, 11) is -1.96. The molecule has 1 aromatic carbocycles. The third-order valence-corrected chi connectivity index (χ3v) is 4.95. The van der Waals surface area contributed by atoms with Gasteiger partial charge in [0, 0.05) is 13.1 Å². The number of nitrogens with one attached hydrogen (secondary N) is 1. The molecule has 0 aliphatic rings. The van der Waals surface area contributed by atoms with Gasteiger partial charge in [0.05, 0.1) is 22.5 Å². The first kappa shape index (κ1) is 17.8. The van der Waals surface area contributed by atoms with Gasteiger partial charge in [-0.1, -0.05) is 25.4 Å². The summed E-state index contributed by atoms with van der Waals surface area (Å²) in [5.41, 5.74) is 0.654. The normalized spacial score (nSPS) is 13.1. The molecule has 1 atom stereocenters. The molecular weight excluding hydrogens is 312 g/mol. The van der Waals surface area contributed by atoms with Crippen molar-refractivity contribution in [1.82, 2.24) is 5.32 Å². The van der Waals surface area contributed by atoms with Gasteiger partial charge in [-0.3, -0.25) is 9.10 Å². The molecule has 0 aliphatic carbocycles. The fraction of sp³-hybridized carbons (Fsp3) is 0.500. The van der Waals surface area contributed by atoms with Crippen LogP contribution in [0.1, 0.15) is 31.1 Å². The molecule has 0 saturated heterocycles. The van der Waals surface area contributed by atoms with E-state index < -0.39 is 10.0 Å². The number of halogens is 1. The minimum atomic E-state index is -3.39. The van der Waals surface area contributed by atoms with Gasteiger partial charge in [0.25, 0.3) is 5.91 Å². The number of sulfonamides is 1. The molecule has 0 radical (unpaired) electrons. The average molecular weight is 333 g/mol. The van der Waals surface area contributed by atoms with Crippen LogP contribution in [0.5, 0.6) is 0 Å². The molecule has 0 spiro atoms. The van der Waals surface area contributed by atoms with Crippen LogP contribution in [-0.4, -0.2) is 33.7 Å². The maximum atomic E-state index is 12.2. The lowest BCUT2D eigenvalue weighted by Crippen LogP contribution is -2.36. The second-order valence-corrected chi connectivity index (χ2v) is 7.82. The quantitative estimate of drug-likeness (QED) is 0.901. The average Bonchev–Trinajstić information content (AvgIpc) is 2.37. The third kappa shape index (κ3) is 4.61. The molecule has 5 nitrogen and oxygen atoms in total. The molecule has 0 fully saturated rings. The van der Waals surface area contributed by atoms with E-state index in [0.717, 1.165) is 10.6 Å². The fourth-order valence-electron chi connectivity index (χ4n) is 1.53. The Bertz CT molecular complexity index is 629. The molecule has 0 unspecified atom stereocenters. The van der Waals surface area contributed by atoms with Gasteiger partial charge in [-0.25, -0.2) is 8.42 Å². The molecule has 0 heterocycles. The predicted molar refractivity (Wildman–Crippen MR) is 86.5 cm³/mol. The Balaban J connectivity index is 3.11. The summed E-state index contributed by atoms with van der Waals surface area (Å²) in [6, 6.07) is 4.55. The molecule has 118 valence electrons. The van der Waals surface area contributed by atoms with Crippen LogP contribution in [0.25, 0.3) is 0 Å². The highest BCUT2D eigenvalue weighted by molar-refractivity contribution is 7.92. The summed E-state index contributed by atoms with van der Waals surface area (Å²) in [4.78, 5) is 12.2. The third-order valence-electron chi connectivity index (χ3n) is 3.41. The number of amides is 1. The SMILES string of the molecule is CC(C)[C@H](C)NC(=O)c1cc(N(C)S(C)(=O)=O)ccc1Cl. The summed E-state index contributed by atoms with van der Waals surface area (Å²) in [6.45, 7) is 5.91. The van der Waals surface area contributed by atoms with Gasteiger partial charge >= 0.3 is 0 Å². The van der Waals surface area contributed by atoms with Crippen LogP contribution in [0, 0.1) is 5.92 Å². The van der Waals surface area contributed by atoms with Gasteiger partial charge in [-0.15, -0.1) is 0 Å². The van der Waals surface area contributed by atoms with Gasteiger partial charge in [0.15, 0.2) is 0 Å². The summed E-state index contributed by atoms with van der Waals surface area (Å²) in [5, 5.41) is 3.14. The van der Waals surface area contributed by atoms with E-state index in [4.69, 9.17) is 11.6 Å². The van der Waals surface area contributed by atoms with E-state index in [-0.39, 0.29) is 28.5 Å². The smallest absolute Gasteiger partial charge is 0.253 e. The maximum Gasteiger partial charge on any atom is 0.253 e. The number of anilines is 1. The van der Waals surface area contributed by atoms with E-state index in [1.807, 2.05) is 20.8 Å². The molecule has 1 rings (SSSR count). The molecule has 0 aliphatic heterocycles. The molecule has 0 bridgehead atoms. The van der Waals surface area contributed by atoms with Crippen molar-refractivity contribution in [3.63, 3.8) is 0 Å². The Morgan fingerprint density at radius 2 is 1.86 bits per heavy atom. The lowest BCUT2D eigenvalue weighted by Gasteiger charge is -2.20. The van der Waals surface area contributed by atoms with Gasteiger partial charge in [0.1, 0.15) is 0 Å². The van der Waals surface area contributed by atoms with Crippen molar-refractivity contribution in [2.75, 3.05) is 17.6 Å². The van der Waals surface area contributed by atoms with Gasteiger partial charge in [-0.2, -0.15) is 0 Å². The van der Waals surface area contributed by atoms with Crippen LogP contribution in [0.2, 0.25) is 5.02 Å². The maximum absolute atomic E-state index is 12.2. The number of benzene rings is 1. The summed E-state index contributed by atoms with van der Waals surface area (Å²) in [5.74, 6) is -0.0282. The zero-order valence-electron chi connectivity index (χ0n) is 12.8. The number of hydrogen-bond acceptors (Lipinski definition) is 3. The number of carbonyl (C=O) groups excluding carboxylic acids is 1. The predicted octanol–water partition coefficient (Wildman–Crippen LogP) is 2.51. The summed E-state index contributed by atoms with van der Waals surface area (Å²) in [6.07, 6.45) is 1.10. The standard InChI is InChI=1S/C14H21ClN2O3S/c1-9(2)10(3)16-14(18)12-8-11(6-7-13(12)15)17(4)21(5,19)20/h6-10H,1-5H3,(H,16,18)/t10-/m0/s1. The number of hydrogen-bond donors (Lipinski definition) is 1. The lowest BCUT2D eigenvalue weighted by atomic mass is 10.1. The van der Waals surface area contributed by atoms with Gasteiger partial charge in [0.2, 0.25) is 10.0 Å². The summed E-state index contributed by atoms with van der Waals surface area (Å²) < 4.78 is 24.2. The van der Waals surface area contributed by atoms with E-state index in [0.29, 0.717) is 5.69 Å². The van der Waals surface area contributed by atoms with Crippen molar-refractivity contribution in [3.8, 4) is 0 Å². The highest BCUT2D eigenvalue weighted by Crippen LogP contribution is 2.24. The molecule has 0 saturated carbocycles. The van der Waals surface area contributed by atoms with Crippen molar-refractivity contribution >= 4 is 33.2 Å². The van der Waals surface area contributed by atoms with Gasteiger partial charge < -0.3 is 5.32 Å². The van der Waals surface area contributed by atoms with Crippen LogP contribution >= 0.6 is 11.6 Å². The monoisotopic (exact) mass is 332 g/mol. The zero-order chi connectivity index (χ0) is 16.4. The molecule has 1 amide bonds. The minimum Gasteiger partial charge on any atom is -0.349 e. The first-order chi connectivity index (χ1) is 9.54. The number of nitrogens with zero attached hydrogens (tertiary/aromatic N) is 1. The van der Waals surface area contributed by atoms with Crippen molar-refractivity contribution in [3.05, 3.63) is 28.8 Å². The first-order valence-corrected chi connectivity index (χ1v) is 8.81. The van der Waals surface area contributed by atoms with Crippen LogP contribution in [0.3, 0.4) is 0 Å². The van der Waals surface area contributed by atoms with E-state index in [1.54, 1.807) is 6.07 Å². The second kappa shape index (κ2) is 6.66. The largest absolute Gasteiger partial charge is 0.349 e. The van der Waals surface area contributed by atoms with Gasteiger partial charge in [-0.05, 0) is 31.0 Å². The van der Waals surface area contributed by atoms with E-state index >= 15 is 0 Å². The Hall–Kier alpha value is -1.27. The highest BCUT2D eigenvalue weighted by atomic mass is 35.5. The van der Waals surface area contributed by atoms with E-state index in [2.05, 4.69) is 5.32 Å². The molecule has 1 aromatic rings. The van der Waals surface area contributed by atoms with E-state index in [9.17, 15) is 13.2 Å². The topological polar surface area (TPSA) is 66.5 Å². The Morgan fingerprint density at radius 1 is 1.29 bits per heavy atom. The van der Waals surface area contributed by atoms with Crippen LogP contribution in [-0.2, 0) is 10.0 Å². The first-order valence-electron chi connectivity index (χ1n) is 6.58. The minimum absolute atomic E-state index is 0.00939. The molecular formula is C14H21ClN2O3S. The van der Waals surface area contributed by atoms with Crippen molar-refractivity contribution < 1.29 is 13.2 Å². The Labute approximate surface area is 131 Å². The lowest BCUT2D eigenvalue weighted by molar-refractivity contribution is 0.0930. The molecule has 21 heavy (non-hydrogen) atoms. The zero-order valence-corrected chi connectivity index (χ0v) is 14.4. The number of carbonyl (C=O) groups is 1. The van der Waals surface area contributed by atoms with E-state index in [1.165, 1.54) is 19.2 Å². The molecule has 1 N–H and O–H groups in total. The van der Waals surface area contributed by atoms with Crippen molar-refractivity contribution in [2.24, 2.45) is 5.92 Å². The molecule has 7 heteroatoms. The second-order valence-electron chi connectivity index (χ2n) is 5.40. The highest BCUT2D eigenvalue weighted by Gasteiger charge is 2.18. The molecule has 0 aromatic heterocycles. The van der Waals surface area contributed by atoms with Crippen LogP contribution < -0.4 is 9.62 Å². The number of rotatable bonds is 5.